The largest absolute Gasteiger partial charge is 0.465 e. The van der Waals surface area contributed by atoms with E-state index in [1.54, 1.807) is 14.0 Å². The number of hydrogen-bond donors (Lipinski definition) is 0. The van der Waals surface area contributed by atoms with Gasteiger partial charge in [-0.3, -0.25) is 4.79 Å². The van der Waals surface area contributed by atoms with Crippen LogP contribution in [-0.2, 0) is 19.7 Å². The zero-order valence-corrected chi connectivity index (χ0v) is 13.6. The van der Waals surface area contributed by atoms with E-state index in [2.05, 4.69) is 17.1 Å². The van der Waals surface area contributed by atoms with Crippen LogP contribution in [0.1, 0.15) is 71.2 Å². The van der Waals surface area contributed by atoms with Gasteiger partial charge in [-0.15, -0.1) is 0 Å². The number of nitrogens with zero attached hydrogens (tertiary/aromatic N) is 2. The number of esters is 1. The van der Waals surface area contributed by atoms with Crippen molar-refractivity contribution in [3.63, 3.8) is 0 Å². The number of carbonyl (C=O) groups excluding carboxylic acids is 1. The van der Waals surface area contributed by atoms with Crippen LogP contribution in [0.3, 0.4) is 0 Å². The molecule has 0 fully saturated rings. The topological polar surface area (TPSA) is 74.5 Å². The van der Waals surface area contributed by atoms with E-state index in [9.17, 15) is 4.79 Å². The highest BCUT2D eigenvalue weighted by Crippen LogP contribution is 2.33. The van der Waals surface area contributed by atoms with E-state index in [0.717, 1.165) is 12.8 Å². The van der Waals surface area contributed by atoms with Gasteiger partial charge in [-0.05, 0) is 26.2 Å². The van der Waals surface area contributed by atoms with Gasteiger partial charge in [0.25, 0.3) is 0 Å². The summed E-state index contributed by atoms with van der Waals surface area (Å²) >= 11 is 0. The average Bonchev–Trinajstić information content (AvgIpc) is 2.97. The first kappa shape index (κ1) is 17.6. The molecule has 1 heterocycles. The maximum atomic E-state index is 12.3. The summed E-state index contributed by atoms with van der Waals surface area (Å²) < 4.78 is 15.9. The van der Waals surface area contributed by atoms with Crippen molar-refractivity contribution in [2.75, 3.05) is 13.7 Å². The zero-order chi connectivity index (χ0) is 15.9. The van der Waals surface area contributed by atoms with Gasteiger partial charge in [0.05, 0.1) is 6.61 Å². The third-order valence-corrected chi connectivity index (χ3v) is 3.85. The number of hydrogen-bond acceptors (Lipinski definition) is 6. The minimum absolute atomic E-state index is 0.207. The molecule has 1 unspecified atom stereocenters. The highest BCUT2D eigenvalue weighted by molar-refractivity contribution is 5.81. The summed E-state index contributed by atoms with van der Waals surface area (Å²) in [4.78, 5) is 16.7. The van der Waals surface area contributed by atoms with Gasteiger partial charge in [-0.2, -0.15) is 4.98 Å². The fraction of sp³-hybridized carbons (Fsp3) is 0.800. The maximum Gasteiger partial charge on any atom is 0.321 e. The molecule has 0 radical (unpaired) electrons. The second-order valence-corrected chi connectivity index (χ2v) is 4.98. The van der Waals surface area contributed by atoms with Gasteiger partial charge in [0.1, 0.15) is 11.5 Å². The molecule has 21 heavy (non-hydrogen) atoms. The molecule has 6 nitrogen and oxygen atoms in total. The van der Waals surface area contributed by atoms with Crippen LogP contribution in [0, 0.1) is 0 Å². The molecule has 0 N–H and O–H groups in total. The molecule has 120 valence electrons. The molecule has 0 saturated carbocycles. The molecule has 0 bridgehead atoms. The van der Waals surface area contributed by atoms with Gasteiger partial charge in [0.15, 0.2) is 0 Å². The summed E-state index contributed by atoms with van der Waals surface area (Å²) in [5.41, 5.74) is -0.869. The third-order valence-electron chi connectivity index (χ3n) is 3.85. The Bertz CT molecular complexity index is 441. The van der Waals surface area contributed by atoms with Crippen LogP contribution in [0.15, 0.2) is 4.52 Å². The van der Waals surface area contributed by atoms with Gasteiger partial charge in [0, 0.05) is 7.11 Å². The van der Waals surface area contributed by atoms with Crippen LogP contribution in [0.5, 0.6) is 0 Å². The fourth-order valence-corrected chi connectivity index (χ4v) is 2.37. The van der Waals surface area contributed by atoms with E-state index in [4.69, 9.17) is 14.0 Å². The van der Waals surface area contributed by atoms with Gasteiger partial charge in [-0.25, -0.2) is 0 Å². The van der Waals surface area contributed by atoms with E-state index < -0.39 is 5.41 Å². The molecule has 6 heteroatoms. The SMILES string of the molecule is CCCC(OC)c1noc(C(CC)(CC)C(=O)OCC)n1. The summed E-state index contributed by atoms with van der Waals surface area (Å²) in [6.07, 6.45) is 2.65. The Hall–Kier alpha value is -1.43. The molecular formula is C15H26N2O4. The fourth-order valence-electron chi connectivity index (χ4n) is 2.37. The molecule has 0 amide bonds. The van der Waals surface area contributed by atoms with Crippen molar-refractivity contribution in [2.45, 2.75) is 64.9 Å². The Morgan fingerprint density at radius 3 is 2.43 bits per heavy atom. The van der Waals surface area contributed by atoms with Crippen LogP contribution in [0.25, 0.3) is 0 Å². The van der Waals surface area contributed by atoms with E-state index in [0.29, 0.717) is 31.2 Å². The first-order valence-electron chi connectivity index (χ1n) is 7.63. The molecule has 1 atom stereocenters. The standard InChI is InChI=1S/C15H26N2O4/c1-6-10-11(19-5)12-16-13(21-17-12)15(7-2,8-3)14(18)20-9-4/h11H,6-10H2,1-5H3. The third kappa shape index (κ3) is 3.61. The predicted molar refractivity (Wildman–Crippen MR) is 77.8 cm³/mol. The normalized spacial score (nSPS) is 13.2. The van der Waals surface area contributed by atoms with Gasteiger partial charge < -0.3 is 14.0 Å². The molecule has 0 aliphatic carbocycles. The average molecular weight is 298 g/mol. The van der Waals surface area contributed by atoms with Gasteiger partial charge in [0.2, 0.25) is 11.7 Å². The molecule has 0 spiro atoms. The number of methoxy groups -OCH3 is 1. The first-order valence-corrected chi connectivity index (χ1v) is 7.63. The summed E-state index contributed by atoms with van der Waals surface area (Å²) in [5.74, 6) is 0.499. The minimum Gasteiger partial charge on any atom is -0.465 e. The minimum atomic E-state index is -0.869. The van der Waals surface area contributed by atoms with Crippen LogP contribution >= 0.6 is 0 Å². The summed E-state index contributed by atoms with van der Waals surface area (Å²) in [5, 5.41) is 3.99. The molecule has 0 aromatic carbocycles. The predicted octanol–water partition coefficient (Wildman–Crippen LogP) is 3.18. The number of carbonyl (C=O) groups is 1. The monoisotopic (exact) mass is 298 g/mol. The van der Waals surface area contributed by atoms with Gasteiger partial charge >= 0.3 is 5.97 Å². The molecule has 0 aliphatic heterocycles. The second kappa shape index (κ2) is 8.12. The Morgan fingerprint density at radius 2 is 1.95 bits per heavy atom. The maximum absolute atomic E-state index is 12.3. The molecule has 1 aromatic rings. The van der Waals surface area contributed by atoms with Crippen LogP contribution in [0.4, 0.5) is 0 Å². The van der Waals surface area contributed by atoms with Crippen molar-refractivity contribution in [1.29, 1.82) is 0 Å². The number of aromatic nitrogens is 2. The summed E-state index contributed by atoms with van der Waals surface area (Å²) in [6.45, 7) is 8.02. The van der Waals surface area contributed by atoms with Gasteiger partial charge in [-0.1, -0.05) is 32.3 Å². The number of ether oxygens (including phenoxy) is 2. The highest BCUT2D eigenvalue weighted by atomic mass is 16.5. The zero-order valence-electron chi connectivity index (χ0n) is 13.6. The van der Waals surface area contributed by atoms with Crippen molar-refractivity contribution >= 4 is 5.97 Å². The lowest BCUT2D eigenvalue weighted by Gasteiger charge is -2.24. The van der Waals surface area contributed by atoms with Crippen molar-refractivity contribution < 1.29 is 18.8 Å². The van der Waals surface area contributed by atoms with E-state index in [-0.39, 0.29) is 12.1 Å². The highest BCUT2D eigenvalue weighted by Gasteiger charge is 2.44. The molecule has 0 aliphatic rings. The van der Waals surface area contributed by atoms with Crippen molar-refractivity contribution in [1.82, 2.24) is 10.1 Å². The van der Waals surface area contributed by atoms with E-state index in [1.807, 2.05) is 13.8 Å². The van der Waals surface area contributed by atoms with Crippen molar-refractivity contribution in [2.24, 2.45) is 0 Å². The lowest BCUT2D eigenvalue weighted by molar-refractivity contribution is -0.151. The lowest BCUT2D eigenvalue weighted by atomic mass is 9.82. The first-order chi connectivity index (χ1) is 10.1. The Kier molecular flexibility index (Phi) is 6.81. The summed E-state index contributed by atoms with van der Waals surface area (Å²) in [6, 6.07) is 0. The second-order valence-electron chi connectivity index (χ2n) is 4.98. The van der Waals surface area contributed by atoms with Crippen LogP contribution in [-0.4, -0.2) is 29.8 Å². The lowest BCUT2D eigenvalue weighted by Crippen LogP contribution is -2.37. The van der Waals surface area contributed by atoms with Crippen LogP contribution in [0.2, 0.25) is 0 Å². The summed E-state index contributed by atoms with van der Waals surface area (Å²) in [7, 11) is 1.62. The number of rotatable bonds is 9. The molecule has 1 rings (SSSR count). The van der Waals surface area contributed by atoms with E-state index >= 15 is 0 Å². The molecule has 1 aromatic heterocycles. The Labute approximate surface area is 126 Å². The molecular weight excluding hydrogens is 272 g/mol. The van der Waals surface area contributed by atoms with Crippen molar-refractivity contribution in [3.05, 3.63) is 11.7 Å². The Balaban J connectivity index is 3.10. The quantitative estimate of drug-likeness (QED) is 0.652. The van der Waals surface area contributed by atoms with Crippen molar-refractivity contribution in [3.8, 4) is 0 Å². The smallest absolute Gasteiger partial charge is 0.321 e. The molecule has 0 saturated heterocycles. The van der Waals surface area contributed by atoms with Crippen LogP contribution < -0.4 is 0 Å². The van der Waals surface area contributed by atoms with E-state index in [1.165, 1.54) is 0 Å². The Morgan fingerprint density at radius 1 is 1.29 bits per heavy atom.